The number of halogens is 1. The molecule has 0 fully saturated rings. The van der Waals surface area contributed by atoms with Gasteiger partial charge in [-0.05, 0) is 20.3 Å². The molecule has 88 valence electrons. The summed E-state index contributed by atoms with van der Waals surface area (Å²) >= 11 is 5.74. The van der Waals surface area contributed by atoms with Crippen molar-refractivity contribution >= 4 is 17.5 Å². The summed E-state index contributed by atoms with van der Waals surface area (Å²) < 4.78 is 0. The van der Waals surface area contributed by atoms with E-state index < -0.39 is 0 Å². The average molecular weight is 243 g/mol. The van der Waals surface area contributed by atoms with Gasteiger partial charge >= 0.3 is 0 Å². The molecule has 0 aromatic carbocycles. The Bertz CT molecular complexity index is 426. The Hall–Kier alpha value is -1.29. The highest BCUT2D eigenvalue weighted by Gasteiger charge is 2.09. The van der Waals surface area contributed by atoms with Crippen molar-refractivity contribution < 1.29 is 4.79 Å². The Morgan fingerprint density at radius 3 is 2.88 bits per heavy atom. The first-order valence-electron chi connectivity index (χ1n) is 5.12. The minimum atomic E-state index is -0.362. The van der Waals surface area contributed by atoms with Gasteiger partial charge in [-0.1, -0.05) is 0 Å². The third kappa shape index (κ3) is 3.70. The van der Waals surface area contributed by atoms with Crippen LogP contribution in [-0.4, -0.2) is 22.8 Å². The van der Waals surface area contributed by atoms with E-state index in [-0.39, 0.29) is 22.3 Å². The lowest BCUT2D eigenvalue weighted by atomic mass is 10.2. The van der Waals surface area contributed by atoms with Gasteiger partial charge < -0.3 is 10.3 Å². The number of nitrogens with one attached hydrogen (secondary N) is 2. The number of hydrogen-bond acceptors (Lipinski definition) is 2. The van der Waals surface area contributed by atoms with E-state index in [0.29, 0.717) is 13.0 Å². The molecule has 4 nitrogen and oxygen atoms in total. The smallest absolute Gasteiger partial charge is 0.256 e. The summed E-state index contributed by atoms with van der Waals surface area (Å²) in [5.41, 5.74) is 0.594. The van der Waals surface area contributed by atoms with Crippen molar-refractivity contribution in [3.8, 4) is 0 Å². The molecule has 1 amide bonds. The van der Waals surface area contributed by atoms with Crippen molar-refractivity contribution in [1.29, 1.82) is 0 Å². The monoisotopic (exact) mass is 242 g/mol. The lowest BCUT2D eigenvalue weighted by Crippen LogP contribution is -2.30. The summed E-state index contributed by atoms with van der Waals surface area (Å²) in [7, 11) is 0. The van der Waals surface area contributed by atoms with E-state index in [1.54, 1.807) is 6.92 Å². The zero-order valence-electron chi connectivity index (χ0n) is 9.34. The fourth-order valence-corrected chi connectivity index (χ4v) is 1.34. The number of hydrogen-bond donors (Lipinski definition) is 2. The molecular formula is C11H15ClN2O2. The van der Waals surface area contributed by atoms with Gasteiger partial charge in [-0.25, -0.2) is 0 Å². The zero-order valence-corrected chi connectivity index (χ0v) is 10.1. The van der Waals surface area contributed by atoms with Crippen molar-refractivity contribution in [2.75, 3.05) is 6.54 Å². The van der Waals surface area contributed by atoms with Crippen LogP contribution in [0.4, 0.5) is 0 Å². The quantitative estimate of drug-likeness (QED) is 0.785. The van der Waals surface area contributed by atoms with Gasteiger partial charge in [-0.2, -0.15) is 0 Å². The number of rotatable bonds is 4. The topological polar surface area (TPSA) is 62.0 Å². The van der Waals surface area contributed by atoms with E-state index in [4.69, 9.17) is 11.6 Å². The second-order valence-corrected chi connectivity index (χ2v) is 4.46. The van der Waals surface area contributed by atoms with Crippen LogP contribution in [0.2, 0.25) is 0 Å². The molecular weight excluding hydrogens is 228 g/mol. The Kier molecular flexibility index (Phi) is 4.55. The number of carbonyl (C=O) groups excluding carboxylic acids is 1. The van der Waals surface area contributed by atoms with Crippen molar-refractivity contribution in [2.24, 2.45) is 0 Å². The van der Waals surface area contributed by atoms with Crippen molar-refractivity contribution in [3.05, 3.63) is 33.7 Å². The molecule has 1 heterocycles. The van der Waals surface area contributed by atoms with E-state index >= 15 is 0 Å². The van der Waals surface area contributed by atoms with Gasteiger partial charge in [-0.15, -0.1) is 11.6 Å². The summed E-state index contributed by atoms with van der Waals surface area (Å²) in [6.45, 7) is 4.08. The number of amides is 1. The molecule has 1 aromatic rings. The Balaban J connectivity index is 2.63. The minimum Gasteiger partial charge on any atom is -0.364 e. The molecule has 0 aliphatic rings. The van der Waals surface area contributed by atoms with Crippen LogP contribution in [0.25, 0.3) is 0 Å². The standard InChI is InChI=1S/C11H15ClN2O2/c1-7(12)3-4-13-11(16)9-6-14-8(2)5-10(9)15/h5-7H,3-4H2,1-2H3,(H,13,16)(H,14,15). The summed E-state index contributed by atoms with van der Waals surface area (Å²) in [6.07, 6.45) is 2.11. The normalized spacial score (nSPS) is 12.2. The van der Waals surface area contributed by atoms with Crippen LogP contribution in [0.5, 0.6) is 0 Å². The lowest BCUT2D eigenvalue weighted by Gasteiger charge is -2.05. The second-order valence-electron chi connectivity index (χ2n) is 3.72. The Morgan fingerprint density at radius 2 is 2.31 bits per heavy atom. The highest BCUT2D eigenvalue weighted by Crippen LogP contribution is 1.98. The first-order valence-corrected chi connectivity index (χ1v) is 5.56. The molecule has 1 atom stereocenters. The van der Waals surface area contributed by atoms with Crippen LogP contribution >= 0.6 is 11.6 Å². The molecule has 0 saturated carbocycles. The number of aromatic amines is 1. The van der Waals surface area contributed by atoms with Crippen LogP contribution in [0.1, 0.15) is 29.4 Å². The predicted octanol–water partition coefficient (Wildman–Crippen LogP) is 1.43. The number of alkyl halides is 1. The van der Waals surface area contributed by atoms with Gasteiger partial charge in [0, 0.05) is 29.9 Å². The summed E-state index contributed by atoms with van der Waals surface area (Å²) in [5.74, 6) is -0.362. The molecule has 1 aromatic heterocycles. The Morgan fingerprint density at radius 1 is 1.62 bits per heavy atom. The van der Waals surface area contributed by atoms with E-state index in [1.165, 1.54) is 12.3 Å². The molecule has 0 spiro atoms. The van der Waals surface area contributed by atoms with E-state index in [0.717, 1.165) is 5.69 Å². The maximum Gasteiger partial charge on any atom is 0.256 e. The summed E-state index contributed by atoms with van der Waals surface area (Å²) in [6, 6.07) is 1.40. The first kappa shape index (κ1) is 12.8. The molecule has 0 bridgehead atoms. The minimum absolute atomic E-state index is 0.0107. The number of aromatic nitrogens is 1. The highest BCUT2D eigenvalue weighted by molar-refractivity contribution is 6.20. The molecule has 0 radical (unpaired) electrons. The van der Waals surface area contributed by atoms with Gasteiger partial charge in [0.2, 0.25) is 0 Å². The Labute approximate surface area is 99.0 Å². The lowest BCUT2D eigenvalue weighted by molar-refractivity contribution is 0.0952. The van der Waals surface area contributed by atoms with Gasteiger partial charge in [0.1, 0.15) is 5.56 Å². The molecule has 16 heavy (non-hydrogen) atoms. The maximum atomic E-state index is 11.6. The predicted molar refractivity (Wildman–Crippen MR) is 64.1 cm³/mol. The van der Waals surface area contributed by atoms with E-state index in [1.807, 2.05) is 6.92 Å². The molecule has 1 unspecified atom stereocenters. The third-order valence-electron chi connectivity index (χ3n) is 2.13. The molecule has 2 N–H and O–H groups in total. The number of aryl methyl sites for hydroxylation is 1. The van der Waals surface area contributed by atoms with Gasteiger partial charge in [0.25, 0.3) is 5.91 Å². The van der Waals surface area contributed by atoms with E-state index in [9.17, 15) is 9.59 Å². The number of carbonyl (C=O) groups is 1. The van der Waals surface area contributed by atoms with Crippen LogP contribution < -0.4 is 10.7 Å². The van der Waals surface area contributed by atoms with Crippen LogP contribution in [0.3, 0.4) is 0 Å². The third-order valence-corrected chi connectivity index (χ3v) is 2.35. The molecule has 0 saturated heterocycles. The first-order chi connectivity index (χ1) is 7.50. The fourth-order valence-electron chi connectivity index (χ4n) is 1.23. The van der Waals surface area contributed by atoms with Crippen molar-refractivity contribution in [1.82, 2.24) is 10.3 Å². The largest absolute Gasteiger partial charge is 0.364 e. The molecule has 0 aliphatic heterocycles. The zero-order chi connectivity index (χ0) is 12.1. The second kappa shape index (κ2) is 5.70. The van der Waals surface area contributed by atoms with Gasteiger partial charge in [0.15, 0.2) is 5.43 Å². The molecule has 5 heteroatoms. The van der Waals surface area contributed by atoms with Gasteiger partial charge in [-0.3, -0.25) is 9.59 Å². The SMILES string of the molecule is Cc1cc(=O)c(C(=O)NCCC(C)Cl)c[nH]1. The highest BCUT2D eigenvalue weighted by atomic mass is 35.5. The summed E-state index contributed by atoms with van der Waals surface area (Å²) in [4.78, 5) is 25.9. The molecule has 1 rings (SSSR count). The summed E-state index contributed by atoms with van der Waals surface area (Å²) in [5, 5.41) is 2.66. The van der Waals surface area contributed by atoms with Gasteiger partial charge in [0.05, 0.1) is 0 Å². The maximum absolute atomic E-state index is 11.6. The van der Waals surface area contributed by atoms with E-state index in [2.05, 4.69) is 10.3 Å². The van der Waals surface area contributed by atoms with Crippen LogP contribution in [0, 0.1) is 6.92 Å². The van der Waals surface area contributed by atoms with Crippen molar-refractivity contribution in [2.45, 2.75) is 25.6 Å². The van der Waals surface area contributed by atoms with Crippen LogP contribution in [0.15, 0.2) is 17.1 Å². The number of pyridine rings is 1. The number of H-pyrrole nitrogens is 1. The van der Waals surface area contributed by atoms with Crippen molar-refractivity contribution in [3.63, 3.8) is 0 Å². The van der Waals surface area contributed by atoms with Crippen LogP contribution in [-0.2, 0) is 0 Å². The fraction of sp³-hybridized carbons (Fsp3) is 0.455. The average Bonchev–Trinajstić information content (AvgIpc) is 2.16. The molecule has 0 aliphatic carbocycles.